The molecule has 0 fully saturated rings. The SMILES string of the molecule is CCOC.Cc1ccc(F)c(Br)c1.Oc1ccc(F)c(Br)c1. The number of aromatic hydroxyl groups is 1. The molecule has 0 aliphatic carbocycles. The van der Waals surface area contributed by atoms with Crippen LogP contribution in [0, 0.1) is 18.6 Å². The Balaban J connectivity index is 0.000000326. The molecule has 0 saturated heterocycles. The second kappa shape index (κ2) is 11.6. The molecule has 0 aliphatic heterocycles. The summed E-state index contributed by atoms with van der Waals surface area (Å²) in [5.74, 6) is -0.517. The Labute approximate surface area is 146 Å². The van der Waals surface area contributed by atoms with E-state index >= 15 is 0 Å². The van der Waals surface area contributed by atoms with Crippen LogP contribution < -0.4 is 0 Å². The summed E-state index contributed by atoms with van der Waals surface area (Å²) in [6.45, 7) is 4.70. The van der Waals surface area contributed by atoms with Crippen LogP contribution in [-0.2, 0) is 4.74 Å². The highest BCUT2D eigenvalue weighted by atomic mass is 79.9. The van der Waals surface area contributed by atoms with E-state index in [0.717, 1.165) is 12.2 Å². The van der Waals surface area contributed by atoms with E-state index in [2.05, 4.69) is 36.6 Å². The minimum absolute atomic E-state index is 0.0586. The molecule has 0 unspecified atom stereocenters. The van der Waals surface area contributed by atoms with E-state index in [0.29, 0.717) is 4.47 Å². The fourth-order valence-electron chi connectivity index (χ4n) is 1.09. The van der Waals surface area contributed by atoms with Crippen molar-refractivity contribution < 1.29 is 18.6 Å². The first-order chi connectivity index (χ1) is 10.3. The predicted molar refractivity (Wildman–Crippen MR) is 92.2 cm³/mol. The number of rotatable bonds is 1. The number of aryl methyl sites for hydroxylation is 1. The van der Waals surface area contributed by atoms with Gasteiger partial charge in [-0.3, -0.25) is 0 Å². The van der Waals surface area contributed by atoms with Crippen molar-refractivity contribution in [3.63, 3.8) is 0 Å². The molecule has 122 valence electrons. The van der Waals surface area contributed by atoms with Crippen molar-refractivity contribution in [2.24, 2.45) is 0 Å². The van der Waals surface area contributed by atoms with E-state index in [1.807, 2.05) is 13.8 Å². The maximum atomic E-state index is 12.5. The van der Waals surface area contributed by atoms with Crippen molar-refractivity contribution in [1.29, 1.82) is 0 Å². The molecule has 0 spiro atoms. The average Bonchev–Trinajstić information content (AvgIpc) is 2.48. The molecule has 2 rings (SSSR count). The van der Waals surface area contributed by atoms with E-state index in [4.69, 9.17) is 5.11 Å². The first-order valence-corrected chi connectivity index (χ1v) is 7.95. The van der Waals surface area contributed by atoms with Crippen molar-refractivity contribution in [3.05, 3.63) is 62.5 Å². The Morgan fingerprint density at radius 2 is 1.45 bits per heavy atom. The average molecular weight is 440 g/mol. The number of hydrogen-bond acceptors (Lipinski definition) is 2. The molecule has 0 atom stereocenters. The largest absolute Gasteiger partial charge is 0.508 e. The van der Waals surface area contributed by atoms with E-state index in [1.54, 1.807) is 19.2 Å². The molecule has 0 heterocycles. The van der Waals surface area contributed by atoms with E-state index in [-0.39, 0.29) is 21.9 Å². The summed E-state index contributed by atoms with van der Waals surface area (Å²) < 4.78 is 30.1. The second-order valence-corrected chi connectivity index (χ2v) is 5.80. The van der Waals surface area contributed by atoms with Gasteiger partial charge in [0.1, 0.15) is 17.4 Å². The van der Waals surface area contributed by atoms with Crippen LogP contribution in [0.3, 0.4) is 0 Å². The third-order valence-corrected chi connectivity index (χ3v) is 3.48. The Morgan fingerprint density at radius 3 is 1.77 bits per heavy atom. The molecule has 0 aromatic heterocycles. The first kappa shape index (κ1) is 21.0. The monoisotopic (exact) mass is 438 g/mol. The molecular formula is C16H18Br2F2O2. The van der Waals surface area contributed by atoms with Gasteiger partial charge in [0, 0.05) is 13.7 Å². The summed E-state index contributed by atoms with van der Waals surface area (Å²) in [5, 5.41) is 8.74. The van der Waals surface area contributed by atoms with Gasteiger partial charge in [0.25, 0.3) is 0 Å². The quantitative estimate of drug-likeness (QED) is 0.604. The molecule has 0 radical (unpaired) electrons. The Kier molecular flexibility index (Phi) is 11.1. The highest BCUT2D eigenvalue weighted by Gasteiger charge is 1.96. The zero-order chi connectivity index (χ0) is 17.1. The maximum Gasteiger partial charge on any atom is 0.137 e. The van der Waals surface area contributed by atoms with Crippen LogP contribution in [0.25, 0.3) is 0 Å². The van der Waals surface area contributed by atoms with Crippen LogP contribution in [0.15, 0.2) is 45.3 Å². The van der Waals surface area contributed by atoms with Crippen molar-refractivity contribution in [2.45, 2.75) is 13.8 Å². The van der Waals surface area contributed by atoms with Gasteiger partial charge in [0.2, 0.25) is 0 Å². The molecule has 2 nitrogen and oxygen atoms in total. The summed E-state index contributed by atoms with van der Waals surface area (Å²) in [5.41, 5.74) is 1.06. The number of benzene rings is 2. The lowest BCUT2D eigenvalue weighted by Gasteiger charge is -1.93. The molecule has 1 N–H and O–H groups in total. The van der Waals surface area contributed by atoms with E-state index < -0.39 is 0 Å². The van der Waals surface area contributed by atoms with Crippen molar-refractivity contribution >= 4 is 31.9 Å². The summed E-state index contributed by atoms with van der Waals surface area (Å²) in [4.78, 5) is 0. The molecule has 6 heteroatoms. The van der Waals surface area contributed by atoms with Crippen LogP contribution in [-0.4, -0.2) is 18.8 Å². The number of halogens is 4. The third kappa shape index (κ3) is 9.12. The lowest BCUT2D eigenvalue weighted by molar-refractivity contribution is 0.215. The normalized spacial score (nSPS) is 9.23. The number of phenols is 1. The second-order valence-electron chi connectivity index (χ2n) is 4.09. The fraction of sp³-hybridized carbons (Fsp3) is 0.250. The van der Waals surface area contributed by atoms with Gasteiger partial charge in [0.05, 0.1) is 8.95 Å². The van der Waals surface area contributed by atoms with Gasteiger partial charge in [-0.25, -0.2) is 8.78 Å². The van der Waals surface area contributed by atoms with Crippen LogP contribution >= 0.6 is 31.9 Å². The highest BCUT2D eigenvalue weighted by Crippen LogP contribution is 2.19. The minimum atomic E-state index is -0.368. The number of methoxy groups -OCH3 is 1. The van der Waals surface area contributed by atoms with Crippen LogP contribution in [0.1, 0.15) is 12.5 Å². The van der Waals surface area contributed by atoms with E-state index in [1.165, 1.54) is 24.3 Å². The molecule has 0 aliphatic rings. The number of ether oxygens (including phenoxy) is 1. The van der Waals surface area contributed by atoms with Crippen molar-refractivity contribution in [2.75, 3.05) is 13.7 Å². The first-order valence-electron chi connectivity index (χ1n) is 6.36. The minimum Gasteiger partial charge on any atom is -0.508 e. The van der Waals surface area contributed by atoms with Crippen molar-refractivity contribution in [1.82, 2.24) is 0 Å². The summed E-state index contributed by atoms with van der Waals surface area (Å²) in [6, 6.07) is 8.71. The molecular weight excluding hydrogens is 422 g/mol. The van der Waals surface area contributed by atoms with Crippen molar-refractivity contribution in [3.8, 4) is 5.75 Å². The molecule has 2 aromatic rings. The molecule has 2 aromatic carbocycles. The summed E-state index contributed by atoms with van der Waals surface area (Å²) >= 11 is 5.98. The molecule has 0 bridgehead atoms. The molecule has 0 saturated carbocycles. The zero-order valence-corrected chi connectivity index (χ0v) is 15.7. The van der Waals surface area contributed by atoms with E-state index in [9.17, 15) is 8.78 Å². The fourth-order valence-corrected chi connectivity index (χ4v) is 1.95. The standard InChI is InChI=1S/C7H6BrF.C6H4BrFO.C3H8O/c1-5-2-3-7(9)6(8)4-5;7-5-3-4(9)1-2-6(5)8;1-3-4-2/h2-4H,1H3;1-3,9H;3H2,1-2H3. The van der Waals surface area contributed by atoms with Gasteiger partial charge < -0.3 is 9.84 Å². The van der Waals surface area contributed by atoms with Crippen LogP contribution in [0.2, 0.25) is 0 Å². The summed E-state index contributed by atoms with van der Waals surface area (Å²) in [7, 11) is 1.68. The lowest BCUT2D eigenvalue weighted by Crippen LogP contribution is -1.76. The summed E-state index contributed by atoms with van der Waals surface area (Å²) in [6.07, 6.45) is 0. The van der Waals surface area contributed by atoms with Gasteiger partial charge in [-0.05, 0) is 81.6 Å². The number of hydrogen-bond donors (Lipinski definition) is 1. The topological polar surface area (TPSA) is 29.5 Å². The maximum absolute atomic E-state index is 12.5. The third-order valence-electron chi connectivity index (χ3n) is 2.27. The molecule has 22 heavy (non-hydrogen) atoms. The highest BCUT2D eigenvalue weighted by molar-refractivity contribution is 9.10. The predicted octanol–water partition coefficient (Wildman–Crippen LogP) is 5.84. The molecule has 0 amide bonds. The zero-order valence-electron chi connectivity index (χ0n) is 12.5. The Morgan fingerprint density at radius 1 is 1.00 bits per heavy atom. The number of phenolic OH excluding ortho intramolecular Hbond substituents is 1. The smallest absolute Gasteiger partial charge is 0.137 e. The van der Waals surface area contributed by atoms with Gasteiger partial charge in [0.15, 0.2) is 0 Å². The lowest BCUT2D eigenvalue weighted by atomic mass is 10.2. The van der Waals surface area contributed by atoms with Crippen LogP contribution in [0.4, 0.5) is 8.78 Å². The Hall–Kier alpha value is -0.980. The Bertz CT molecular complexity index is 527. The van der Waals surface area contributed by atoms with Crippen LogP contribution in [0.5, 0.6) is 5.75 Å². The van der Waals surface area contributed by atoms with Gasteiger partial charge >= 0.3 is 0 Å². The van der Waals surface area contributed by atoms with Gasteiger partial charge in [-0.2, -0.15) is 0 Å². The van der Waals surface area contributed by atoms with Gasteiger partial charge in [-0.15, -0.1) is 0 Å². The van der Waals surface area contributed by atoms with Gasteiger partial charge in [-0.1, -0.05) is 6.07 Å².